The lowest BCUT2D eigenvalue weighted by molar-refractivity contribution is -0.906. The van der Waals surface area contributed by atoms with Crippen LogP contribution < -0.4 is 9.62 Å². The Morgan fingerprint density at radius 2 is 1.96 bits per heavy atom. The highest BCUT2D eigenvalue weighted by Crippen LogP contribution is 2.16. The number of rotatable bonds is 7. The highest BCUT2D eigenvalue weighted by Gasteiger charge is 2.23. The summed E-state index contributed by atoms with van der Waals surface area (Å²) in [4.78, 5) is 13.2. The zero-order valence-corrected chi connectivity index (χ0v) is 15.2. The van der Waals surface area contributed by atoms with Crippen molar-refractivity contribution in [2.45, 2.75) is 31.1 Å². The standard InChI is InChI=1S/C17H26N2O4S/c1-14-8-12-19(13-9-14)11-5-10-18-24(21,22)16-7-4-3-6-15(16)17(20)23-2/h3-4,6-7,14,18H,5,8-13H2,1-2H3/p+1. The van der Waals surface area contributed by atoms with Gasteiger partial charge in [0.1, 0.15) is 0 Å². The van der Waals surface area contributed by atoms with Crippen LogP contribution in [0.2, 0.25) is 0 Å². The van der Waals surface area contributed by atoms with Gasteiger partial charge < -0.3 is 9.64 Å². The van der Waals surface area contributed by atoms with E-state index in [1.165, 1.54) is 45.2 Å². The van der Waals surface area contributed by atoms with Crippen LogP contribution in [0.15, 0.2) is 29.2 Å². The molecule has 1 saturated heterocycles. The molecule has 1 aliphatic heterocycles. The average Bonchev–Trinajstić information content (AvgIpc) is 2.59. The van der Waals surface area contributed by atoms with Gasteiger partial charge in [-0.15, -0.1) is 0 Å². The summed E-state index contributed by atoms with van der Waals surface area (Å²) in [5, 5.41) is 0. The summed E-state index contributed by atoms with van der Waals surface area (Å²) in [7, 11) is -2.48. The number of methoxy groups -OCH3 is 1. The molecule has 7 heteroatoms. The first-order valence-corrected chi connectivity index (χ1v) is 9.93. The number of ether oxygens (including phenoxy) is 1. The first kappa shape index (κ1) is 18.9. The minimum Gasteiger partial charge on any atom is -0.465 e. The van der Waals surface area contributed by atoms with Gasteiger partial charge in [0.2, 0.25) is 10.0 Å². The zero-order valence-electron chi connectivity index (χ0n) is 14.4. The van der Waals surface area contributed by atoms with Gasteiger partial charge in [-0.2, -0.15) is 0 Å². The number of benzene rings is 1. The number of hydrogen-bond donors (Lipinski definition) is 2. The molecule has 1 fully saturated rings. The Bertz CT molecular complexity index is 652. The van der Waals surface area contributed by atoms with Crippen molar-refractivity contribution in [3.8, 4) is 0 Å². The van der Waals surface area contributed by atoms with E-state index in [4.69, 9.17) is 0 Å². The van der Waals surface area contributed by atoms with Crippen LogP contribution in [0, 0.1) is 5.92 Å². The summed E-state index contributed by atoms with van der Waals surface area (Å²) in [6.07, 6.45) is 3.27. The van der Waals surface area contributed by atoms with Gasteiger partial charge in [-0.3, -0.25) is 0 Å². The number of carbonyl (C=O) groups excluding carboxylic acids is 1. The van der Waals surface area contributed by atoms with E-state index in [9.17, 15) is 13.2 Å². The molecule has 0 radical (unpaired) electrons. The van der Waals surface area contributed by atoms with Crippen LogP contribution in [0.1, 0.15) is 36.5 Å². The fraction of sp³-hybridized carbons (Fsp3) is 0.588. The Kier molecular flexibility index (Phi) is 6.77. The fourth-order valence-electron chi connectivity index (χ4n) is 3.02. The van der Waals surface area contributed by atoms with E-state index in [2.05, 4.69) is 16.4 Å². The minimum absolute atomic E-state index is 0.0315. The number of piperidine rings is 1. The lowest BCUT2D eigenvalue weighted by atomic mass is 9.99. The molecule has 1 heterocycles. The lowest BCUT2D eigenvalue weighted by Gasteiger charge is -2.27. The van der Waals surface area contributed by atoms with Gasteiger partial charge in [0.05, 0.1) is 37.2 Å². The molecule has 0 unspecified atom stereocenters. The Hall–Kier alpha value is -1.44. The SMILES string of the molecule is COC(=O)c1ccccc1S(=O)(=O)NCCC[NH+]1CCC(C)CC1. The summed E-state index contributed by atoms with van der Waals surface area (Å²) < 4.78 is 32.1. The third kappa shape index (κ3) is 5.03. The first-order chi connectivity index (χ1) is 11.4. The number of carbonyl (C=O) groups is 1. The van der Waals surface area contributed by atoms with Gasteiger partial charge in [-0.1, -0.05) is 19.1 Å². The topological polar surface area (TPSA) is 76.9 Å². The van der Waals surface area contributed by atoms with E-state index < -0.39 is 16.0 Å². The van der Waals surface area contributed by atoms with Gasteiger partial charge >= 0.3 is 5.97 Å². The summed E-state index contributed by atoms with van der Waals surface area (Å²) in [5.41, 5.74) is 0.0585. The predicted octanol–water partition coefficient (Wildman–Crippen LogP) is 0.456. The Morgan fingerprint density at radius 1 is 1.29 bits per heavy atom. The van der Waals surface area contributed by atoms with E-state index in [1.807, 2.05) is 0 Å². The number of esters is 1. The van der Waals surface area contributed by atoms with Crippen molar-refractivity contribution >= 4 is 16.0 Å². The molecule has 0 bridgehead atoms. The summed E-state index contributed by atoms with van der Waals surface area (Å²) >= 11 is 0. The van der Waals surface area contributed by atoms with Crippen molar-refractivity contribution in [2.24, 2.45) is 5.92 Å². The molecule has 0 amide bonds. The van der Waals surface area contributed by atoms with Crippen molar-refractivity contribution in [1.82, 2.24) is 4.72 Å². The third-order valence-corrected chi connectivity index (χ3v) is 6.08. The minimum atomic E-state index is -3.72. The molecule has 134 valence electrons. The van der Waals surface area contributed by atoms with E-state index >= 15 is 0 Å². The number of hydrogen-bond acceptors (Lipinski definition) is 4. The van der Waals surface area contributed by atoms with Crippen molar-refractivity contribution in [3.63, 3.8) is 0 Å². The molecule has 1 aromatic rings. The van der Waals surface area contributed by atoms with Gasteiger partial charge in [-0.25, -0.2) is 17.9 Å². The highest BCUT2D eigenvalue weighted by molar-refractivity contribution is 7.89. The molecule has 2 rings (SSSR count). The normalized spacial score (nSPS) is 21.4. The maximum absolute atomic E-state index is 12.4. The Labute approximate surface area is 144 Å². The molecule has 24 heavy (non-hydrogen) atoms. The second kappa shape index (κ2) is 8.60. The van der Waals surface area contributed by atoms with Crippen LogP contribution in [0.5, 0.6) is 0 Å². The first-order valence-electron chi connectivity index (χ1n) is 8.44. The number of nitrogens with one attached hydrogen (secondary N) is 2. The van der Waals surface area contributed by atoms with Crippen molar-refractivity contribution < 1.29 is 22.8 Å². The van der Waals surface area contributed by atoms with E-state index in [0.29, 0.717) is 6.54 Å². The predicted molar refractivity (Wildman–Crippen MR) is 91.5 cm³/mol. The Balaban J connectivity index is 1.89. The van der Waals surface area contributed by atoms with Crippen LogP contribution in [-0.2, 0) is 14.8 Å². The van der Waals surface area contributed by atoms with Crippen LogP contribution in [0.25, 0.3) is 0 Å². The number of likely N-dealkylation sites (tertiary alicyclic amines) is 1. The van der Waals surface area contributed by atoms with Gasteiger partial charge in [0.25, 0.3) is 0 Å². The van der Waals surface area contributed by atoms with E-state index in [-0.39, 0.29) is 10.5 Å². The van der Waals surface area contributed by atoms with Gasteiger partial charge in [0, 0.05) is 13.0 Å². The molecule has 1 aromatic carbocycles. The van der Waals surface area contributed by atoms with Crippen molar-refractivity contribution in [2.75, 3.05) is 33.3 Å². The second-order valence-corrected chi connectivity index (χ2v) is 8.16. The molecule has 1 aliphatic rings. The molecule has 0 saturated carbocycles. The van der Waals surface area contributed by atoms with Crippen molar-refractivity contribution in [1.29, 1.82) is 0 Å². The second-order valence-electron chi connectivity index (χ2n) is 6.42. The fourth-order valence-corrected chi connectivity index (χ4v) is 4.29. The molecule has 0 aliphatic carbocycles. The summed E-state index contributed by atoms with van der Waals surface area (Å²) in [6, 6.07) is 6.09. The quantitative estimate of drug-likeness (QED) is 0.550. The highest BCUT2D eigenvalue weighted by atomic mass is 32.2. The zero-order chi connectivity index (χ0) is 17.6. The van der Waals surface area contributed by atoms with Gasteiger partial charge in [-0.05, 0) is 30.9 Å². The molecule has 2 N–H and O–H groups in total. The lowest BCUT2D eigenvalue weighted by Crippen LogP contribution is -3.13. The van der Waals surface area contributed by atoms with Crippen LogP contribution >= 0.6 is 0 Å². The third-order valence-electron chi connectivity index (χ3n) is 4.56. The largest absolute Gasteiger partial charge is 0.465 e. The average molecular weight is 355 g/mol. The van der Waals surface area contributed by atoms with E-state index in [1.54, 1.807) is 17.0 Å². The summed E-state index contributed by atoms with van der Waals surface area (Å²) in [6.45, 7) is 5.95. The maximum Gasteiger partial charge on any atom is 0.339 e. The van der Waals surface area contributed by atoms with Crippen LogP contribution in [0.3, 0.4) is 0 Å². The molecule has 0 aromatic heterocycles. The number of quaternary nitrogens is 1. The monoisotopic (exact) mass is 355 g/mol. The molecular weight excluding hydrogens is 328 g/mol. The molecule has 0 atom stereocenters. The Morgan fingerprint density at radius 3 is 2.62 bits per heavy atom. The number of sulfonamides is 1. The maximum atomic E-state index is 12.4. The molecule has 0 spiro atoms. The van der Waals surface area contributed by atoms with Gasteiger partial charge in [0.15, 0.2) is 0 Å². The van der Waals surface area contributed by atoms with Crippen LogP contribution in [0.4, 0.5) is 0 Å². The van der Waals surface area contributed by atoms with E-state index in [0.717, 1.165) is 18.9 Å². The molecular formula is C17H27N2O4S+. The van der Waals surface area contributed by atoms with Crippen LogP contribution in [-0.4, -0.2) is 47.7 Å². The molecule has 6 nitrogen and oxygen atoms in total. The van der Waals surface area contributed by atoms with Crippen molar-refractivity contribution in [3.05, 3.63) is 29.8 Å². The smallest absolute Gasteiger partial charge is 0.339 e. The summed E-state index contributed by atoms with van der Waals surface area (Å²) in [5.74, 6) is 0.157.